The Labute approximate surface area is 160 Å². The number of carbonyl (C=O) groups excluding carboxylic acids is 1. The molecule has 0 aliphatic carbocycles. The maximum absolute atomic E-state index is 12.6. The quantitative estimate of drug-likeness (QED) is 0.353. The second-order valence-electron chi connectivity index (χ2n) is 6.01. The van der Waals surface area contributed by atoms with E-state index in [1.807, 2.05) is 24.3 Å². The molecule has 10 heteroatoms. The number of nitrogens with one attached hydrogen (secondary N) is 2. The molecule has 0 aliphatic rings. The summed E-state index contributed by atoms with van der Waals surface area (Å²) in [5.74, 6) is -0.740. The van der Waals surface area contributed by atoms with E-state index in [9.17, 15) is 23.3 Å². The maximum atomic E-state index is 12.6. The van der Waals surface area contributed by atoms with E-state index in [1.54, 1.807) is 6.20 Å². The lowest BCUT2D eigenvalue weighted by Gasteiger charge is -2.16. The third-order valence-corrected chi connectivity index (χ3v) is 5.73. The van der Waals surface area contributed by atoms with Gasteiger partial charge in [0.05, 0.1) is 16.9 Å². The summed E-state index contributed by atoms with van der Waals surface area (Å²) >= 11 is 0. The standard InChI is InChI=1S/C18H17N3O6S/c1-27-18(22)17(10-12-11-19-16-5-3-2-4-15(12)16)20-28(25,26)14-8-6-13(7-9-14)21(23)24/h2-9,11,17,19-20H,10H2,1H3/t17-/m0/s1. The molecule has 146 valence electrons. The third-order valence-electron chi connectivity index (χ3n) is 4.24. The van der Waals surface area contributed by atoms with Crippen LogP contribution in [0.15, 0.2) is 59.6 Å². The predicted octanol–water partition coefficient (Wildman–Crippen LogP) is 2.14. The summed E-state index contributed by atoms with van der Waals surface area (Å²) in [6.07, 6.45) is 1.78. The molecule has 3 rings (SSSR count). The van der Waals surface area contributed by atoms with E-state index in [4.69, 9.17) is 4.74 Å². The fourth-order valence-electron chi connectivity index (χ4n) is 2.84. The van der Waals surface area contributed by atoms with Gasteiger partial charge in [-0.15, -0.1) is 0 Å². The van der Waals surface area contributed by atoms with Gasteiger partial charge in [-0.25, -0.2) is 8.42 Å². The zero-order chi connectivity index (χ0) is 20.3. The van der Waals surface area contributed by atoms with Gasteiger partial charge in [0.25, 0.3) is 5.69 Å². The molecule has 28 heavy (non-hydrogen) atoms. The van der Waals surface area contributed by atoms with Crippen LogP contribution >= 0.6 is 0 Å². The molecule has 0 bridgehead atoms. The van der Waals surface area contributed by atoms with Crippen molar-refractivity contribution < 1.29 is 22.9 Å². The topological polar surface area (TPSA) is 131 Å². The Morgan fingerprint density at radius 3 is 2.54 bits per heavy atom. The fraction of sp³-hybridized carbons (Fsp3) is 0.167. The number of aromatic amines is 1. The number of rotatable bonds is 7. The Morgan fingerprint density at radius 2 is 1.89 bits per heavy atom. The van der Waals surface area contributed by atoms with Crippen LogP contribution in [-0.2, 0) is 26.0 Å². The molecule has 1 heterocycles. The molecule has 1 atom stereocenters. The lowest BCUT2D eigenvalue weighted by atomic mass is 10.1. The number of carbonyl (C=O) groups is 1. The van der Waals surface area contributed by atoms with Crippen molar-refractivity contribution in [2.24, 2.45) is 0 Å². The summed E-state index contributed by atoms with van der Waals surface area (Å²) in [4.78, 5) is 25.2. The molecule has 1 aromatic heterocycles. The molecule has 0 spiro atoms. The third kappa shape index (κ3) is 4.02. The van der Waals surface area contributed by atoms with Crippen LogP contribution in [0, 0.1) is 10.1 Å². The fourth-order valence-corrected chi connectivity index (χ4v) is 4.02. The molecule has 2 N–H and O–H groups in total. The van der Waals surface area contributed by atoms with Gasteiger partial charge in [-0.05, 0) is 23.8 Å². The van der Waals surface area contributed by atoms with Gasteiger partial charge in [0.2, 0.25) is 10.0 Å². The molecule has 3 aromatic rings. The Kier molecular flexibility index (Phi) is 5.43. The highest BCUT2D eigenvalue weighted by atomic mass is 32.2. The summed E-state index contributed by atoms with van der Waals surface area (Å²) in [5.41, 5.74) is 1.37. The highest BCUT2D eigenvalue weighted by Gasteiger charge is 2.28. The average Bonchev–Trinajstić information content (AvgIpc) is 3.09. The van der Waals surface area contributed by atoms with E-state index >= 15 is 0 Å². The number of esters is 1. The van der Waals surface area contributed by atoms with Crippen molar-refractivity contribution in [2.75, 3.05) is 7.11 Å². The number of hydrogen-bond donors (Lipinski definition) is 2. The van der Waals surface area contributed by atoms with Crippen molar-refractivity contribution in [2.45, 2.75) is 17.4 Å². The number of para-hydroxylation sites is 1. The molecule has 0 unspecified atom stereocenters. The zero-order valence-corrected chi connectivity index (χ0v) is 15.6. The SMILES string of the molecule is COC(=O)[C@H](Cc1c[nH]c2ccccc12)NS(=O)(=O)c1ccc([N+](=O)[O-])cc1. The first kappa shape index (κ1) is 19.5. The van der Waals surface area contributed by atoms with Crippen LogP contribution in [0.1, 0.15) is 5.56 Å². The molecule has 0 saturated heterocycles. The summed E-state index contributed by atoms with van der Waals surface area (Å²) in [6, 6.07) is 10.7. The maximum Gasteiger partial charge on any atom is 0.324 e. The number of nitrogens with zero attached hydrogens (tertiary/aromatic N) is 1. The van der Waals surface area contributed by atoms with Crippen molar-refractivity contribution in [3.05, 3.63) is 70.4 Å². The van der Waals surface area contributed by atoms with Crippen LogP contribution in [0.25, 0.3) is 10.9 Å². The number of fused-ring (bicyclic) bond motifs is 1. The molecule has 9 nitrogen and oxygen atoms in total. The lowest BCUT2D eigenvalue weighted by Crippen LogP contribution is -2.42. The van der Waals surface area contributed by atoms with Gasteiger partial charge in [-0.1, -0.05) is 18.2 Å². The Hall–Kier alpha value is -3.24. The van der Waals surface area contributed by atoms with Crippen LogP contribution < -0.4 is 4.72 Å². The lowest BCUT2D eigenvalue weighted by molar-refractivity contribution is -0.384. The number of ether oxygens (including phenoxy) is 1. The minimum atomic E-state index is -4.10. The van der Waals surface area contributed by atoms with Gasteiger partial charge in [-0.3, -0.25) is 14.9 Å². The molecule has 0 saturated carbocycles. The molecule has 0 radical (unpaired) electrons. The van der Waals surface area contributed by atoms with Crippen molar-refractivity contribution in [1.82, 2.24) is 9.71 Å². The van der Waals surface area contributed by atoms with Crippen LogP contribution in [-0.4, -0.2) is 37.4 Å². The average molecular weight is 403 g/mol. The van der Waals surface area contributed by atoms with Crippen LogP contribution in [0.2, 0.25) is 0 Å². The number of aromatic nitrogens is 1. The minimum absolute atomic E-state index is 0.0723. The second kappa shape index (κ2) is 7.79. The van der Waals surface area contributed by atoms with Gasteiger partial charge in [-0.2, -0.15) is 4.72 Å². The Morgan fingerprint density at radius 1 is 1.21 bits per heavy atom. The summed E-state index contributed by atoms with van der Waals surface area (Å²) in [6.45, 7) is 0. The van der Waals surface area contributed by atoms with E-state index < -0.39 is 27.0 Å². The highest BCUT2D eigenvalue weighted by molar-refractivity contribution is 7.89. The molecule has 0 amide bonds. The number of nitro groups is 1. The van der Waals surface area contributed by atoms with E-state index in [2.05, 4.69) is 9.71 Å². The van der Waals surface area contributed by atoms with E-state index in [-0.39, 0.29) is 17.0 Å². The number of methoxy groups -OCH3 is 1. The van der Waals surface area contributed by atoms with Gasteiger partial charge >= 0.3 is 5.97 Å². The minimum Gasteiger partial charge on any atom is -0.468 e. The van der Waals surface area contributed by atoms with E-state index in [0.29, 0.717) is 0 Å². The number of benzene rings is 2. The first-order valence-electron chi connectivity index (χ1n) is 8.21. The summed E-state index contributed by atoms with van der Waals surface area (Å²) in [5, 5.41) is 11.6. The van der Waals surface area contributed by atoms with Crippen molar-refractivity contribution in [3.8, 4) is 0 Å². The summed E-state index contributed by atoms with van der Waals surface area (Å²) < 4.78 is 32.3. The molecule has 0 aliphatic heterocycles. The summed E-state index contributed by atoms with van der Waals surface area (Å²) in [7, 11) is -2.93. The van der Waals surface area contributed by atoms with Crippen molar-refractivity contribution >= 4 is 32.6 Å². The predicted molar refractivity (Wildman–Crippen MR) is 101 cm³/mol. The largest absolute Gasteiger partial charge is 0.468 e. The van der Waals surface area contributed by atoms with E-state index in [0.717, 1.165) is 40.7 Å². The normalized spacial score (nSPS) is 12.6. The number of sulfonamides is 1. The molecule has 2 aromatic carbocycles. The monoisotopic (exact) mass is 403 g/mol. The molecular formula is C18H17N3O6S. The number of H-pyrrole nitrogens is 1. The number of hydrogen-bond acceptors (Lipinski definition) is 6. The first-order valence-corrected chi connectivity index (χ1v) is 9.70. The Bertz CT molecular complexity index is 1120. The molecule has 0 fully saturated rings. The van der Waals surface area contributed by atoms with E-state index in [1.165, 1.54) is 7.11 Å². The van der Waals surface area contributed by atoms with Crippen molar-refractivity contribution in [1.29, 1.82) is 0 Å². The molecular weight excluding hydrogens is 386 g/mol. The van der Waals surface area contributed by atoms with Gasteiger partial charge < -0.3 is 9.72 Å². The highest BCUT2D eigenvalue weighted by Crippen LogP contribution is 2.21. The van der Waals surface area contributed by atoms with Gasteiger partial charge in [0, 0.05) is 35.7 Å². The smallest absolute Gasteiger partial charge is 0.324 e. The number of nitro benzene ring substituents is 1. The van der Waals surface area contributed by atoms with Crippen LogP contribution in [0.5, 0.6) is 0 Å². The number of non-ortho nitro benzene ring substituents is 1. The zero-order valence-electron chi connectivity index (χ0n) is 14.8. The van der Waals surface area contributed by atoms with Crippen molar-refractivity contribution in [3.63, 3.8) is 0 Å². The van der Waals surface area contributed by atoms with Gasteiger partial charge in [0.15, 0.2) is 0 Å². The second-order valence-corrected chi connectivity index (χ2v) is 7.73. The first-order chi connectivity index (χ1) is 13.3. The van der Waals surface area contributed by atoms with Crippen LogP contribution in [0.4, 0.5) is 5.69 Å². The van der Waals surface area contributed by atoms with Gasteiger partial charge in [0.1, 0.15) is 6.04 Å². The van der Waals surface area contributed by atoms with Crippen LogP contribution in [0.3, 0.4) is 0 Å². The Balaban J connectivity index is 1.87.